The van der Waals surface area contributed by atoms with Gasteiger partial charge in [0.2, 0.25) is 5.89 Å². The van der Waals surface area contributed by atoms with Gasteiger partial charge in [-0.25, -0.2) is 4.98 Å². The van der Waals surface area contributed by atoms with Gasteiger partial charge in [0.1, 0.15) is 5.52 Å². The molecular weight excluding hydrogens is 444 g/mol. The van der Waals surface area contributed by atoms with Crippen molar-refractivity contribution in [1.82, 2.24) is 4.98 Å². The third-order valence-electron chi connectivity index (χ3n) is 4.16. The van der Waals surface area contributed by atoms with E-state index in [1.807, 2.05) is 24.3 Å². The molecule has 1 N–H and O–H groups in total. The zero-order valence-corrected chi connectivity index (χ0v) is 17.0. The summed E-state index contributed by atoms with van der Waals surface area (Å²) in [5.41, 5.74) is 3.23. The van der Waals surface area contributed by atoms with Gasteiger partial charge in [0.25, 0.3) is 0 Å². The number of aliphatic imine (C=N–C) groups is 1. The van der Waals surface area contributed by atoms with Crippen molar-refractivity contribution in [1.29, 1.82) is 0 Å². The molecule has 0 spiro atoms. The first kappa shape index (κ1) is 18.5. The second-order valence-electron chi connectivity index (χ2n) is 5.92. The molecule has 28 heavy (non-hydrogen) atoms. The molecular formula is C21H14BrClN2O3. The van der Waals surface area contributed by atoms with Gasteiger partial charge in [0.15, 0.2) is 17.1 Å². The Morgan fingerprint density at radius 2 is 2.00 bits per heavy atom. The number of halogens is 2. The van der Waals surface area contributed by atoms with E-state index in [0.717, 1.165) is 5.52 Å². The molecule has 1 aromatic heterocycles. The molecule has 0 aliphatic rings. The molecule has 4 aromatic rings. The quantitative estimate of drug-likeness (QED) is 0.361. The van der Waals surface area contributed by atoms with Crippen molar-refractivity contribution in [3.05, 3.63) is 69.7 Å². The van der Waals surface area contributed by atoms with E-state index in [1.165, 1.54) is 7.11 Å². The second-order valence-corrected chi connectivity index (χ2v) is 7.18. The van der Waals surface area contributed by atoms with Crippen LogP contribution in [0.3, 0.4) is 0 Å². The van der Waals surface area contributed by atoms with Crippen LogP contribution < -0.4 is 4.74 Å². The van der Waals surface area contributed by atoms with Crippen LogP contribution in [0, 0.1) is 0 Å². The molecule has 0 radical (unpaired) electrons. The molecule has 0 atom stereocenters. The van der Waals surface area contributed by atoms with Crippen molar-refractivity contribution in [3.8, 4) is 23.0 Å². The Labute approximate surface area is 174 Å². The van der Waals surface area contributed by atoms with Crippen molar-refractivity contribution in [2.45, 2.75) is 0 Å². The number of methoxy groups -OCH3 is 1. The van der Waals surface area contributed by atoms with Crippen LogP contribution >= 0.6 is 27.5 Å². The van der Waals surface area contributed by atoms with E-state index in [0.29, 0.717) is 43.5 Å². The van der Waals surface area contributed by atoms with Crippen LogP contribution in [-0.4, -0.2) is 23.4 Å². The monoisotopic (exact) mass is 456 g/mol. The van der Waals surface area contributed by atoms with E-state index < -0.39 is 0 Å². The lowest BCUT2D eigenvalue weighted by Crippen LogP contribution is -1.90. The lowest BCUT2D eigenvalue weighted by Gasteiger charge is -2.07. The van der Waals surface area contributed by atoms with E-state index in [-0.39, 0.29) is 5.75 Å². The van der Waals surface area contributed by atoms with E-state index in [4.69, 9.17) is 20.8 Å². The average Bonchev–Trinajstić information content (AvgIpc) is 3.13. The number of aromatic nitrogens is 1. The molecule has 0 aliphatic heterocycles. The molecule has 0 saturated carbocycles. The van der Waals surface area contributed by atoms with Gasteiger partial charge in [-0.2, -0.15) is 0 Å². The molecule has 140 valence electrons. The Kier molecular flexibility index (Phi) is 5.07. The van der Waals surface area contributed by atoms with Crippen LogP contribution in [0.1, 0.15) is 5.56 Å². The number of rotatable bonds is 4. The zero-order chi connectivity index (χ0) is 19.7. The molecule has 5 nitrogen and oxygen atoms in total. The number of benzene rings is 3. The molecule has 0 saturated heterocycles. The molecule has 0 unspecified atom stereocenters. The number of aromatic hydroxyl groups is 1. The summed E-state index contributed by atoms with van der Waals surface area (Å²) in [5, 5.41) is 10.8. The maximum atomic E-state index is 10.3. The topological polar surface area (TPSA) is 67.9 Å². The van der Waals surface area contributed by atoms with Crippen molar-refractivity contribution in [2.75, 3.05) is 7.11 Å². The maximum absolute atomic E-state index is 10.3. The third kappa shape index (κ3) is 3.48. The largest absolute Gasteiger partial charge is 0.504 e. The van der Waals surface area contributed by atoms with Gasteiger partial charge in [0.05, 0.1) is 28.9 Å². The minimum atomic E-state index is 0.00811. The lowest BCUT2D eigenvalue weighted by molar-refractivity contribution is 0.373. The Hall–Kier alpha value is -2.83. The molecule has 0 aliphatic carbocycles. The van der Waals surface area contributed by atoms with Crippen LogP contribution in [0.2, 0.25) is 5.02 Å². The Morgan fingerprint density at radius 1 is 1.18 bits per heavy atom. The highest BCUT2D eigenvalue weighted by molar-refractivity contribution is 9.10. The molecule has 0 fully saturated rings. The zero-order valence-electron chi connectivity index (χ0n) is 14.7. The number of fused-ring (bicyclic) bond motifs is 1. The number of para-hydroxylation sites is 2. The molecule has 0 amide bonds. The molecule has 3 aromatic carbocycles. The smallest absolute Gasteiger partial charge is 0.228 e. The summed E-state index contributed by atoms with van der Waals surface area (Å²) in [5.74, 6) is 0.801. The summed E-state index contributed by atoms with van der Waals surface area (Å²) in [4.78, 5) is 8.94. The van der Waals surface area contributed by atoms with Crippen LogP contribution in [-0.2, 0) is 0 Å². The molecule has 7 heteroatoms. The van der Waals surface area contributed by atoms with Gasteiger partial charge in [0, 0.05) is 10.7 Å². The first-order valence-corrected chi connectivity index (χ1v) is 9.49. The highest BCUT2D eigenvalue weighted by Gasteiger charge is 2.13. The summed E-state index contributed by atoms with van der Waals surface area (Å²) >= 11 is 9.76. The first-order valence-electron chi connectivity index (χ1n) is 8.32. The van der Waals surface area contributed by atoms with Crippen LogP contribution in [0.4, 0.5) is 5.69 Å². The normalized spacial score (nSPS) is 11.4. The predicted molar refractivity (Wildman–Crippen MR) is 114 cm³/mol. The SMILES string of the molecule is COc1ccc(Br)c(C=Nc2ccc(Cl)c(-c3nc4ccccc4o3)c2)c1O. The summed E-state index contributed by atoms with van der Waals surface area (Å²) in [6.45, 7) is 0. The minimum Gasteiger partial charge on any atom is -0.504 e. The summed E-state index contributed by atoms with van der Waals surface area (Å²) < 4.78 is 11.7. The van der Waals surface area contributed by atoms with Crippen LogP contribution in [0.25, 0.3) is 22.6 Å². The summed E-state index contributed by atoms with van der Waals surface area (Å²) in [6.07, 6.45) is 1.56. The van der Waals surface area contributed by atoms with Gasteiger partial charge in [-0.05, 0) is 58.4 Å². The first-order chi connectivity index (χ1) is 13.6. The number of phenolic OH excluding ortho intramolecular Hbond substituents is 1. The number of phenols is 1. The van der Waals surface area contributed by atoms with E-state index in [9.17, 15) is 5.11 Å². The van der Waals surface area contributed by atoms with Gasteiger partial charge >= 0.3 is 0 Å². The number of hydrogen-bond donors (Lipinski definition) is 1. The average molecular weight is 458 g/mol. The minimum absolute atomic E-state index is 0.00811. The Morgan fingerprint density at radius 3 is 2.79 bits per heavy atom. The van der Waals surface area contributed by atoms with Crippen molar-refractivity contribution < 1.29 is 14.3 Å². The highest BCUT2D eigenvalue weighted by Crippen LogP contribution is 2.35. The van der Waals surface area contributed by atoms with Gasteiger partial charge in [-0.1, -0.05) is 23.7 Å². The van der Waals surface area contributed by atoms with E-state index in [2.05, 4.69) is 25.9 Å². The number of hydrogen-bond acceptors (Lipinski definition) is 5. The highest BCUT2D eigenvalue weighted by atomic mass is 79.9. The van der Waals surface area contributed by atoms with Crippen molar-refractivity contribution >= 4 is 50.5 Å². The van der Waals surface area contributed by atoms with Gasteiger partial charge in [-0.3, -0.25) is 4.99 Å². The van der Waals surface area contributed by atoms with Gasteiger partial charge < -0.3 is 14.3 Å². The predicted octanol–water partition coefficient (Wildman–Crippen LogP) is 6.38. The molecule has 4 rings (SSSR count). The third-order valence-corrected chi connectivity index (χ3v) is 5.18. The fourth-order valence-electron chi connectivity index (χ4n) is 2.73. The summed E-state index contributed by atoms with van der Waals surface area (Å²) in [6, 6.07) is 16.3. The fourth-order valence-corrected chi connectivity index (χ4v) is 3.36. The van der Waals surface area contributed by atoms with Crippen LogP contribution in [0.15, 0.2) is 68.5 Å². The van der Waals surface area contributed by atoms with E-state index >= 15 is 0 Å². The second kappa shape index (κ2) is 7.66. The molecule has 0 bridgehead atoms. The van der Waals surface area contributed by atoms with Crippen LogP contribution in [0.5, 0.6) is 11.5 Å². The maximum Gasteiger partial charge on any atom is 0.228 e. The number of oxazole rings is 1. The Bertz CT molecular complexity index is 1170. The summed E-state index contributed by atoms with van der Waals surface area (Å²) in [7, 11) is 1.50. The standard InChI is InChI=1S/C21H14BrClN2O3/c1-27-19-9-7-15(22)14(20(19)26)11-24-12-6-8-16(23)13(10-12)21-25-17-4-2-3-5-18(17)28-21/h2-11,26H,1H3. The van der Waals surface area contributed by atoms with E-state index in [1.54, 1.807) is 36.5 Å². The molecule has 1 heterocycles. The van der Waals surface area contributed by atoms with Crippen molar-refractivity contribution in [2.24, 2.45) is 4.99 Å². The lowest BCUT2D eigenvalue weighted by atomic mass is 10.2. The fraction of sp³-hybridized carbons (Fsp3) is 0.0476. The number of ether oxygens (including phenoxy) is 1. The van der Waals surface area contributed by atoms with Gasteiger partial charge in [-0.15, -0.1) is 0 Å². The number of nitrogens with zero attached hydrogens (tertiary/aromatic N) is 2. The Balaban J connectivity index is 1.73. The van der Waals surface area contributed by atoms with Crippen molar-refractivity contribution in [3.63, 3.8) is 0 Å².